The molecule has 2 aromatic carbocycles. The smallest absolute Gasteiger partial charge is 0.243 e. The van der Waals surface area contributed by atoms with Gasteiger partial charge in [0.25, 0.3) is 0 Å². The summed E-state index contributed by atoms with van der Waals surface area (Å²) >= 11 is 0. The van der Waals surface area contributed by atoms with Crippen LogP contribution in [-0.4, -0.2) is 15.7 Å². The number of rotatable bonds is 5. The van der Waals surface area contributed by atoms with Crippen LogP contribution in [-0.2, 0) is 18.4 Å². The maximum absolute atomic E-state index is 13.2. The Balaban J connectivity index is 2.02. The minimum atomic E-state index is -0.264. The highest BCUT2D eigenvalue weighted by molar-refractivity contribution is 5.87. The number of carbonyl (C=O) groups is 1. The molecule has 0 atom stereocenters. The zero-order chi connectivity index (χ0) is 17.8. The topological polar surface area (TPSA) is 46.9 Å². The Morgan fingerprint density at radius 1 is 1.20 bits per heavy atom. The third-order valence-corrected chi connectivity index (χ3v) is 3.94. The fourth-order valence-corrected chi connectivity index (χ4v) is 2.64. The van der Waals surface area contributed by atoms with Crippen molar-refractivity contribution in [1.82, 2.24) is 15.1 Å². The van der Waals surface area contributed by atoms with E-state index in [9.17, 15) is 9.18 Å². The lowest BCUT2D eigenvalue weighted by molar-refractivity contribution is -0.116. The Bertz CT molecular complexity index is 913. The normalized spacial score (nSPS) is 10.5. The van der Waals surface area contributed by atoms with Crippen LogP contribution in [0.1, 0.15) is 5.56 Å². The van der Waals surface area contributed by atoms with Crippen LogP contribution in [0, 0.1) is 5.82 Å². The van der Waals surface area contributed by atoms with Crippen molar-refractivity contribution in [3.63, 3.8) is 0 Å². The van der Waals surface area contributed by atoms with E-state index in [2.05, 4.69) is 17.0 Å². The van der Waals surface area contributed by atoms with Crippen LogP contribution < -0.4 is 5.32 Å². The molecule has 0 aliphatic heterocycles. The Hall–Kier alpha value is -3.21. The second-order valence-electron chi connectivity index (χ2n) is 5.70. The van der Waals surface area contributed by atoms with Gasteiger partial charge in [-0.3, -0.25) is 9.48 Å². The predicted octanol–water partition coefficient (Wildman–Crippen LogP) is 3.70. The first-order valence-electron chi connectivity index (χ1n) is 7.85. The quantitative estimate of drug-likeness (QED) is 0.723. The van der Waals surface area contributed by atoms with Crippen molar-refractivity contribution in [2.24, 2.45) is 7.05 Å². The minimum absolute atomic E-state index is 0.222. The predicted molar refractivity (Wildman–Crippen MR) is 96.1 cm³/mol. The highest BCUT2D eigenvalue weighted by Crippen LogP contribution is 2.29. The van der Waals surface area contributed by atoms with Crippen LogP contribution in [0.4, 0.5) is 4.39 Å². The van der Waals surface area contributed by atoms with E-state index in [4.69, 9.17) is 0 Å². The molecule has 0 radical (unpaired) electrons. The first kappa shape index (κ1) is 16.6. The molecule has 1 amide bonds. The fourth-order valence-electron chi connectivity index (χ4n) is 2.64. The van der Waals surface area contributed by atoms with E-state index >= 15 is 0 Å². The molecule has 0 spiro atoms. The van der Waals surface area contributed by atoms with E-state index in [1.54, 1.807) is 23.0 Å². The van der Waals surface area contributed by atoms with Gasteiger partial charge in [0, 0.05) is 25.4 Å². The molecule has 5 heteroatoms. The van der Waals surface area contributed by atoms with Crippen molar-refractivity contribution in [3.05, 3.63) is 78.9 Å². The number of carbonyl (C=O) groups excluding carboxylic acids is 1. The highest BCUT2D eigenvalue weighted by atomic mass is 19.1. The van der Waals surface area contributed by atoms with Gasteiger partial charge in [-0.05, 0) is 46.5 Å². The number of aromatic nitrogens is 2. The summed E-state index contributed by atoms with van der Waals surface area (Å²) in [4.78, 5) is 11.5. The summed E-state index contributed by atoms with van der Waals surface area (Å²) < 4.78 is 14.9. The summed E-state index contributed by atoms with van der Waals surface area (Å²) in [7, 11) is 1.85. The molecular formula is C20H18FN3O. The van der Waals surface area contributed by atoms with Gasteiger partial charge in [-0.2, -0.15) is 5.10 Å². The van der Waals surface area contributed by atoms with Crippen LogP contribution in [0.2, 0.25) is 0 Å². The first-order chi connectivity index (χ1) is 12.1. The molecule has 1 aromatic heterocycles. The number of amides is 1. The van der Waals surface area contributed by atoms with E-state index in [1.165, 1.54) is 18.2 Å². The average Bonchev–Trinajstić information content (AvgIpc) is 3.06. The number of nitrogens with zero attached hydrogens (tertiary/aromatic N) is 2. The van der Waals surface area contributed by atoms with Gasteiger partial charge in [0.1, 0.15) is 5.82 Å². The largest absolute Gasteiger partial charge is 0.348 e. The molecule has 0 aliphatic rings. The summed E-state index contributed by atoms with van der Waals surface area (Å²) in [5, 5.41) is 7.02. The first-order valence-corrected chi connectivity index (χ1v) is 7.85. The molecule has 1 N–H and O–H groups in total. The number of halogens is 1. The van der Waals surface area contributed by atoms with E-state index in [0.29, 0.717) is 6.54 Å². The van der Waals surface area contributed by atoms with Crippen molar-refractivity contribution in [3.8, 4) is 22.3 Å². The van der Waals surface area contributed by atoms with Crippen molar-refractivity contribution in [1.29, 1.82) is 0 Å². The van der Waals surface area contributed by atoms with Gasteiger partial charge in [0.15, 0.2) is 0 Å². The molecule has 0 fully saturated rings. The molecule has 0 saturated heterocycles. The fraction of sp³-hybridized carbons (Fsp3) is 0.100. The summed E-state index contributed by atoms with van der Waals surface area (Å²) in [6.07, 6.45) is 4.95. The van der Waals surface area contributed by atoms with Gasteiger partial charge in [-0.25, -0.2) is 4.39 Å². The molecule has 25 heavy (non-hydrogen) atoms. The molecule has 0 bridgehead atoms. The molecule has 3 rings (SSSR count). The van der Waals surface area contributed by atoms with Gasteiger partial charge in [0.05, 0.1) is 6.20 Å². The van der Waals surface area contributed by atoms with E-state index in [-0.39, 0.29) is 11.7 Å². The van der Waals surface area contributed by atoms with Gasteiger partial charge < -0.3 is 5.32 Å². The minimum Gasteiger partial charge on any atom is -0.348 e. The second kappa shape index (κ2) is 7.13. The lowest BCUT2D eigenvalue weighted by Gasteiger charge is -2.12. The van der Waals surface area contributed by atoms with Gasteiger partial charge in [-0.15, -0.1) is 0 Å². The van der Waals surface area contributed by atoms with Gasteiger partial charge >= 0.3 is 0 Å². The zero-order valence-corrected chi connectivity index (χ0v) is 13.9. The van der Waals surface area contributed by atoms with Gasteiger partial charge in [-0.1, -0.05) is 30.8 Å². The SMILES string of the molecule is C=CC(=O)NCc1ccc(-c2ccc(F)cc2)cc1-c1cnn(C)c1. The van der Waals surface area contributed by atoms with Crippen molar-refractivity contribution >= 4 is 5.91 Å². The van der Waals surface area contributed by atoms with Crippen LogP contribution in [0.5, 0.6) is 0 Å². The van der Waals surface area contributed by atoms with Crippen molar-refractivity contribution in [2.75, 3.05) is 0 Å². The molecule has 3 aromatic rings. The Labute approximate surface area is 145 Å². The number of nitrogens with one attached hydrogen (secondary N) is 1. The van der Waals surface area contributed by atoms with Crippen LogP contribution >= 0.6 is 0 Å². The lowest BCUT2D eigenvalue weighted by Crippen LogP contribution is -2.20. The Morgan fingerprint density at radius 2 is 1.92 bits per heavy atom. The monoisotopic (exact) mass is 335 g/mol. The number of hydrogen-bond donors (Lipinski definition) is 1. The number of aryl methyl sites for hydroxylation is 1. The highest BCUT2D eigenvalue weighted by Gasteiger charge is 2.10. The molecule has 126 valence electrons. The van der Waals surface area contributed by atoms with Crippen LogP contribution in [0.3, 0.4) is 0 Å². The standard InChI is InChI=1S/C20H18FN3O/c1-3-20(25)22-11-16-5-4-15(14-6-8-18(21)9-7-14)10-19(16)17-12-23-24(2)13-17/h3-10,12-13H,1,11H2,2H3,(H,22,25). The maximum atomic E-state index is 13.2. The third-order valence-electron chi connectivity index (χ3n) is 3.94. The van der Waals surface area contributed by atoms with Crippen molar-refractivity contribution < 1.29 is 9.18 Å². The summed E-state index contributed by atoms with van der Waals surface area (Å²) in [6.45, 7) is 3.85. The third kappa shape index (κ3) is 3.83. The van der Waals surface area contributed by atoms with E-state index < -0.39 is 0 Å². The Morgan fingerprint density at radius 3 is 2.56 bits per heavy atom. The van der Waals surface area contributed by atoms with Crippen molar-refractivity contribution in [2.45, 2.75) is 6.54 Å². The number of hydrogen-bond acceptors (Lipinski definition) is 2. The molecule has 4 nitrogen and oxygen atoms in total. The molecule has 0 aliphatic carbocycles. The maximum Gasteiger partial charge on any atom is 0.243 e. The number of benzene rings is 2. The van der Waals surface area contributed by atoms with E-state index in [0.717, 1.165) is 27.8 Å². The molecule has 0 unspecified atom stereocenters. The van der Waals surface area contributed by atoms with Crippen LogP contribution in [0.15, 0.2) is 67.5 Å². The summed E-state index contributed by atoms with van der Waals surface area (Å²) in [6, 6.07) is 12.3. The molecule has 0 saturated carbocycles. The van der Waals surface area contributed by atoms with Crippen LogP contribution in [0.25, 0.3) is 22.3 Å². The van der Waals surface area contributed by atoms with Gasteiger partial charge in [0.2, 0.25) is 5.91 Å². The Kier molecular flexibility index (Phi) is 4.75. The summed E-state index contributed by atoms with van der Waals surface area (Å²) in [5.41, 5.74) is 4.79. The molecule has 1 heterocycles. The van der Waals surface area contributed by atoms with E-state index in [1.807, 2.05) is 31.4 Å². The average molecular weight is 335 g/mol. The zero-order valence-electron chi connectivity index (χ0n) is 13.9. The lowest BCUT2D eigenvalue weighted by atomic mass is 9.96. The molecular weight excluding hydrogens is 317 g/mol. The summed E-state index contributed by atoms with van der Waals surface area (Å²) in [5.74, 6) is -0.486. The second-order valence-corrected chi connectivity index (χ2v) is 5.70.